The summed E-state index contributed by atoms with van der Waals surface area (Å²) in [6, 6.07) is 7.33. The number of halogens is 1. The molecule has 0 radical (unpaired) electrons. The molecule has 0 saturated heterocycles. The average Bonchev–Trinajstić information content (AvgIpc) is 2.36. The molecular weight excluding hydrogens is 240 g/mol. The molecule has 0 N–H and O–H groups in total. The van der Waals surface area contributed by atoms with Crippen LogP contribution in [0.3, 0.4) is 0 Å². The van der Waals surface area contributed by atoms with Gasteiger partial charge in [-0.2, -0.15) is 0 Å². The van der Waals surface area contributed by atoms with E-state index in [0.717, 1.165) is 5.56 Å². The van der Waals surface area contributed by atoms with Crippen molar-refractivity contribution in [1.82, 2.24) is 0 Å². The summed E-state index contributed by atoms with van der Waals surface area (Å²) in [6.07, 6.45) is 5.08. The van der Waals surface area contributed by atoms with Crippen molar-refractivity contribution >= 4 is 23.6 Å². The summed E-state index contributed by atoms with van der Waals surface area (Å²) in [5, 5.41) is 0.685. The van der Waals surface area contributed by atoms with Gasteiger partial charge in [0, 0.05) is 5.02 Å². The minimum Gasteiger partial charge on any atom is -0.490 e. The quantitative estimate of drug-likeness (QED) is 0.358. The van der Waals surface area contributed by atoms with Crippen LogP contribution in [0.25, 0.3) is 6.08 Å². The maximum atomic E-state index is 11.2. The zero-order valence-corrected chi connectivity index (χ0v) is 10.4. The minimum atomic E-state index is -0.506. The highest BCUT2D eigenvalue weighted by Gasteiger charge is 2.06. The Morgan fingerprint density at radius 1 is 1.18 bits per heavy atom. The molecule has 1 rings (SSSR count). The van der Waals surface area contributed by atoms with E-state index in [1.54, 1.807) is 24.3 Å². The number of methoxy groups -OCH3 is 2. The number of ether oxygens (including phenoxy) is 2. The van der Waals surface area contributed by atoms with E-state index in [4.69, 9.17) is 16.3 Å². The number of esters is 1. The number of hydrogen-bond donors (Lipinski definition) is 0. The maximum Gasteiger partial charge on any atom is 0.373 e. The standard InChI is InChI=1S/C13H13ClO3/c1-16-12(13(15)17-2)5-3-4-10-6-8-11(14)9-7-10/h3-9H,1-2H3. The fourth-order valence-corrected chi connectivity index (χ4v) is 1.27. The van der Waals surface area contributed by atoms with Crippen LogP contribution in [0.4, 0.5) is 0 Å². The Labute approximate surface area is 105 Å². The number of hydrogen-bond acceptors (Lipinski definition) is 3. The molecule has 90 valence electrons. The summed E-state index contributed by atoms with van der Waals surface area (Å²) in [5.41, 5.74) is 0.978. The van der Waals surface area contributed by atoms with Crippen molar-refractivity contribution in [2.75, 3.05) is 14.2 Å². The van der Waals surface area contributed by atoms with Gasteiger partial charge < -0.3 is 9.47 Å². The smallest absolute Gasteiger partial charge is 0.373 e. The lowest BCUT2D eigenvalue weighted by Crippen LogP contribution is -2.05. The van der Waals surface area contributed by atoms with E-state index in [1.165, 1.54) is 14.2 Å². The van der Waals surface area contributed by atoms with Crippen LogP contribution < -0.4 is 0 Å². The van der Waals surface area contributed by atoms with Crippen molar-refractivity contribution in [3.8, 4) is 0 Å². The van der Waals surface area contributed by atoms with Crippen LogP contribution in [0.2, 0.25) is 5.02 Å². The Morgan fingerprint density at radius 2 is 1.82 bits per heavy atom. The van der Waals surface area contributed by atoms with Gasteiger partial charge in [-0.15, -0.1) is 0 Å². The van der Waals surface area contributed by atoms with Crippen molar-refractivity contribution in [2.45, 2.75) is 0 Å². The lowest BCUT2D eigenvalue weighted by molar-refractivity contribution is -0.139. The molecule has 0 amide bonds. The van der Waals surface area contributed by atoms with Crippen LogP contribution in [0.1, 0.15) is 5.56 Å². The van der Waals surface area contributed by atoms with Crippen molar-refractivity contribution in [2.24, 2.45) is 0 Å². The fraction of sp³-hybridized carbons (Fsp3) is 0.154. The molecule has 0 atom stereocenters. The molecule has 0 bridgehead atoms. The van der Waals surface area contributed by atoms with Gasteiger partial charge in [-0.1, -0.05) is 35.9 Å². The first kappa shape index (κ1) is 13.3. The van der Waals surface area contributed by atoms with Gasteiger partial charge in [-0.25, -0.2) is 4.79 Å². The lowest BCUT2D eigenvalue weighted by Gasteiger charge is -2.01. The SMILES string of the molecule is COC(=O)C(=CC=Cc1ccc(Cl)cc1)OC. The molecule has 1 aromatic carbocycles. The highest BCUT2D eigenvalue weighted by Crippen LogP contribution is 2.11. The Hall–Kier alpha value is -1.74. The summed E-state index contributed by atoms with van der Waals surface area (Å²) >= 11 is 5.76. The largest absolute Gasteiger partial charge is 0.490 e. The third-order valence-corrected chi connectivity index (χ3v) is 2.26. The predicted octanol–water partition coefficient (Wildman–Crippen LogP) is 3.06. The summed E-state index contributed by atoms with van der Waals surface area (Å²) in [5.74, 6) is -0.356. The Morgan fingerprint density at radius 3 is 2.35 bits per heavy atom. The van der Waals surface area contributed by atoms with E-state index < -0.39 is 5.97 Å². The molecule has 0 saturated carbocycles. The molecule has 0 aliphatic heterocycles. The highest BCUT2D eigenvalue weighted by atomic mass is 35.5. The van der Waals surface area contributed by atoms with E-state index in [9.17, 15) is 4.79 Å². The third kappa shape index (κ3) is 4.33. The van der Waals surface area contributed by atoms with E-state index in [1.807, 2.05) is 18.2 Å². The van der Waals surface area contributed by atoms with E-state index >= 15 is 0 Å². The molecule has 0 heterocycles. The summed E-state index contributed by atoms with van der Waals surface area (Å²) in [4.78, 5) is 11.2. The van der Waals surface area contributed by atoms with E-state index in [-0.39, 0.29) is 5.76 Å². The highest BCUT2D eigenvalue weighted by molar-refractivity contribution is 6.30. The topological polar surface area (TPSA) is 35.5 Å². The van der Waals surface area contributed by atoms with Crippen LogP contribution in [-0.2, 0) is 14.3 Å². The molecule has 0 aliphatic carbocycles. The van der Waals surface area contributed by atoms with E-state index in [0.29, 0.717) is 5.02 Å². The average molecular weight is 253 g/mol. The van der Waals surface area contributed by atoms with Gasteiger partial charge in [0.2, 0.25) is 5.76 Å². The molecule has 0 aromatic heterocycles. The van der Waals surface area contributed by atoms with Crippen molar-refractivity contribution in [3.05, 3.63) is 52.8 Å². The predicted molar refractivity (Wildman–Crippen MR) is 67.6 cm³/mol. The molecule has 1 aromatic rings. The lowest BCUT2D eigenvalue weighted by atomic mass is 10.2. The zero-order chi connectivity index (χ0) is 12.7. The molecular formula is C13H13ClO3. The Bertz CT molecular complexity index is 432. The minimum absolute atomic E-state index is 0.151. The van der Waals surface area contributed by atoms with Crippen molar-refractivity contribution in [3.63, 3.8) is 0 Å². The van der Waals surface area contributed by atoms with Crippen LogP contribution in [0.15, 0.2) is 42.2 Å². The van der Waals surface area contributed by atoms with Crippen molar-refractivity contribution < 1.29 is 14.3 Å². The first-order chi connectivity index (χ1) is 8.17. The third-order valence-electron chi connectivity index (χ3n) is 2.01. The van der Waals surface area contributed by atoms with Gasteiger partial charge in [0.05, 0.1) is 14.2 Å². The summed E-state index contributed by atoms with van der Waals surface area (Å²) in [7, 11) is 2.72. The number of benzene rings is 1. The first-order valence-corrected chi connectivity index (χ1v) is 5.31. The van der Waals surface area contributed by atoms with Crippen LogP contribution in [0, 0.1) is 0 Å². The number of allylic oxidation sites excluding steroid dienone is 2. The van der Waals surface area contributed by atoms with E-state index in [2.05, 4.69) is 4.74 Å². The van der Waals surface area contributed by atoms with Gasteiger partial charge in [0.1, 0.15) is 0 Å². The molecule has 0 unspecified atom stereocenters. The normalized spacial score (nSPS) is 11.6. The van der Waals surface area contributed by atoms with Gasteiger partial charge in [0.15, 0.2) is 0 Å². The Balaban J connectivity index is 2.73. The molecule has 0 spiro atoms. The van der Waals surface area contributed by atoms with Gasteiger partial charge in [0.25, 0.3) is 0 Å². The van der Waals surface area contributed by atoms with Crippen LogP contribution in [-0.4, -0.2) is 20.2 Å². The molecule has 0 aliphatic rings. The molecule has 4 heteroatoms. The van der Waals surface area contributed by atoms with Gasteiger partial charge in [-0.3, -0.25) is 0 Å². The number of carbonyl (C=O) groups excluding carboxylic acids is 1. The first-order valence-electron chi connectivity index (χ1n) is 4.93. The van der Waals surface area contributed by atoms with Crippen LogP contribution >= 0.6 is 11.6 Å². The van der Waals surface area contributed by atoms with Crippen LogP contribution in [0.5, 0.6) is 0 Å². The molecule has 3 nitrogen and oxygen atoms in total. The second kappa shape index (κ2) is 6.76. The number of rotatable bonds is 4. The maximum absolute atomic E-state index is 11.2. The summed E-state index contributed by atoms with van der Waals surface area (Å²) in [6.45, 7) is 0. The van der Waals surface area contributed by atoms with Gasteiger partial charge in [-0.05, 0) is 23.8 Å². The molecule has 0 fully saturated rings. The zero-order valence-electron chi connectivity index (χ0n) is 9.64. The molecule has 17 heavy (non-hydrogen) atoms. The second-order valence-electron chi connectivity index (χ2n) is 3.14. The Kier molecular flexibility index (Phi) is 5.30. The summed E-state index contributed by atoms with van der Waals surface area (Å²) < 4.78 is 9.41. The second-order valence-corrected chi connectivity index (χ2v) is 3.57. The fourth-order valence-electron chi connectivity index (χ4n) is 1.14. The number of carbonyl (C=O) groups is 1. The van der Waals surface area contributed by atoms with Crippen molar-refractivity contribution in [1.29, 1.82) is 0 Å². The monoisotopic (exact) mass is 252 g/mol. The van der Waals surface area contributed by atoms with Gasteiger partial charge >= 0.3 is 5.97 Å².